The van der Waals surface area contributed by atoms with Gasteiger partial charge in [0.05, 0.1) is 67.5 Å². The molecule has 3 aliphatic rings. The Morgan fingerprint density at radius 2 is 1.19 bits per heavy atom. The number of likely N-dealkylation sites (tertiary alicyclic amines) is 2. The highest BCUT2D eigenvalue weighted by atomic mass is 35.5. The maximum Gasteiger partial charge on any atom is 0.494 e. The number of benzene rings is 2. The predicted octanol–water partition coefficient (Wildman–Crippen LogP) is 7.82. The molecule has 0 saturated carbocycles. The lowest BCUT2D eigenvalue weighted by Gasteiger charge is -2.39. The summed E-state index contributed by atoms with van der Waals surface area (Å²) in [4.78, 5) is 43.3. The maximum absolute atomic E-state index is 12.3. The minimum absolute atomic E-state index is 0.0435. The van der Waals surface area contributed by atoms with Crippen molar-refractivity contribution in [2.45, 2.75) is 118 Å². The summed E-state index contributed by atoms with van der Waals surface area (Å²) in [6.07, 6.45) is 3.83. The summed E-state index contributed by atoms with van der Waals surface area (Å²) in [7, 11) is -0.369. The fourth-order valence-electron chi connectivity index (χ4n) is 6.62. The standard InChI is InChI=1S/C21H33BN2O4.C19H23ClN4O2.C4H2Cl2N2/c1-14(2)26-18-12-24(13-18)19(25)23-11-16-8-9-17(10-15(16)3)22-27-20(4,5)21(6,7)28-22;1-12(2)26-16-10-24(11-16)19(25)22-9-15-5-4-14(8-13(15)3)17-6-7-21-18(20)23-17;5-3-1-2-7-4(6)8-3/h8-10,14,18H,11-13H2,1-7H3,(H,23,25);4-8,12,16H,9-11H2,1-3H3,(H,22,25);1-2H. The first-order chi connectivity index (χ1) is 29.2. The quantitative estimate of drug-likeness (QED) is 0.0915. The summed E-state index contributed by atoms with van der Waals surface area (Å²) in [6.45, 7) is 23.9. The number of carbonyl (C=O) groups excluding carboxylic acids is 2. The van der Waals surface area contributed by atoms with Crippen LogP contribution < -0.4 is 16.1 Å². The lowest BCUT2D eigenvalue weighted by Crippen LogP contribution is -2.58. The molecule has 4 aromatic rings. The van der Waals surface area contributed by atoms with E-state index in [4.69, 9.17) is 53.6 Å². The number of hydrogen-bond acceptors (Lipinski definition) is 10. The molecule has 0 radical (unpaired) electrons. The Hall–Kier alpha value is -4.09. The van der Waals surface area contributed by atoms with Crippen molar-refractivity contribution in [3.63, 3.8) is 0 Å². The van der Waals surface area contributed by atoms with E-state index in [2.05, 4.69) is 64.3 Å². The van der Waals surface area contributed by atoms with Crippen LogP contribution in [0.1, 0.15) is 77.6 Å². The molecule has 18 heteroatoms. The number of amides is 4. The van der Waals surface area contributed by atoms with Crippen LogP contribution in [0.25, 0.3) is 11.3 Å². The number of carbonyl (C=O) groups is 2. The lowest BCUT2D eigenvalue weighted by atomic mass is 9.78. The van der Waals surface area contributed by atoms with Crippen LogP contribution in [0.2, 0.25) is 15.7 Å². The molecule has 2 aromatic heterocycles. The van der Waals surface area contributed by atoms with E-state index >= 15 is 0 Å². The number of nitrogens with zero attached hydrogens (tertiary/aromatic N) is 6. The zero-order valence-electron chi connectivity index (χ0n) is 37.2. The third-order valence-electron chi connectivity index (χ3n) is 10.8. The van der Waals surface area contributed by atoms with Gasteiger partial charge in [0.1, 0.15) is 5.15 Å². The Balaban J connectivity index is 0.000000199. The third-order valence-corrected chi connectivity index (χ3v) is 11.4. The number of halogens is 3. The van der Waals surface area contributed by atoms with Crippen LogP contribution in [0, 0.1) is 13.8 Å². The van der Waals surface area contributed by atoms with Crippen molar-refractivity contribution in [3.8, 4) is 11.3 Å². The largest absolute Gasteiger partial charge is 0.494 e. The van der Waals surface area contributed by atoms with Crippen LogP contribution in [-0.4, -0.2) is 111 Å². The molecule has 2 aromatic carbocycles. The second-order valence-corrected chi connectivity index (χ2v) is 18.1. The topological polar surface area (TPSA) is 153 Å². The van der Waals surface area contributed by atoms with Gasteiger partial charge in [-0.15, -0.1) is 0 Å². The van der Waals surface area contributed by atoms with Crippen molar-refractivity contribution >= 4 is 59.4 Å². The Labute approximate surface area is 380 Å². The second kappa shape index (κ2) is 21.5. The molecule has 4 amide bonds. The van der Waals surface area contributed by atoms with Crippen LogP contribution in [0.4, 0.5) is 9.59 Å². The summed E-state index contributed by atoms with van der Waals surface area (Å²) in [6, 6.07) is 15.4. The molecule has 3 saturated heterocycles. The highest BCUT2D eigenvalue weighted by molar-refractivity contribution is 6.62. The van der Waals surface area contributed by atoms with Crippen molar-refractivity contribution in [1.82, 2.24) is 40.4 Å². The van der Waals surface area contributed by atoms with E-state index in [1.165, 1.54) is 6.20 Å². The first-order valence-electron chi connectivity index (χ1n) is 20.7. The fraction of sp³-hybridized carbons (Fsp3) is 0.500. The summed E-state index contributed by atoms with van der Waals surface area (Å²) < 4.78 is 23.6. The number of nitrogens with one attached hydrogen (secondary N) is 2. The second-order valence-electron chi connectivity index (χ2n) is 17.0. The highest BCUT2D eigenvalue weighted by Gasteiger charge is 2.51. The molecule has 3 fully saturated rings. The van der Waals surface area contributed by atoms with Gasteiger partial charge >= 0.3 is 19.2 Å². The van der Waals surface area contributed by atoms with Gasteiger partial charge in [-0.05, 0) is 138 Å². The molecule has 14 nitrogen and oxygen atoms in total. The van der Waals surface area contributed by atoms with Gasteiger partial charge in [-0.1, -0.05) is 41.9 Å². The van der Waals surface area contributed by atoms with E-state index < -0.39 is 0 Å². The van der Waals surface area contributed by atoms with Crippen LogP contribution in [0.5, 0.6) is 0 Å². The summed E-state index contributed by atoms with van der Waals surface area (Å²) >= 11 is 16.6. The Morgan fingerprint density at radius 1 is 0.726 bits per heavy atom. The van der Waals surface area contributed by atoms with Gasteiger partial charge in [-0.3, -0.25) is 0 Å². The molecule has 7 rings (SSSR count). The molecule has 0 spiro atoms. The Kier molecular flexibility index (Phi) is 17.0. The van der Waals surface area contributed by atoms with Crippen LogP contribution in [0.15, 0.2) is 60.9 Å². The smallest absolute Gasteiger partial charge is 0.399 e. The van der Waals surface area contributed by atoms with Gasteiger partial charge in [0.2, 0.25) is 10.6 Å². The lowest BCUT2D eigenvalue weighted by molar-refractivity contribution is -0.0642. The number of aryl methyl sites for hydroxylation is 2. The van der Waals surface area contributed by atoms with E-state index in [-0.39, 0.29) is 65.4 Å². The minimum atomic E-state index is -0.369. The summed E-state index contributed by atoms with van der Waals surface area (Å²) in [5.74, 6) is 0. The summed E-state index contributed by atoms with van der Waals surface area (Å²) in [5, 5.41) is 6.74. The maximum atomic E-state index is 12.3. The van der Waals surface area contributed by atoms with Crippen LogP contribution >= 0.6 is 34.8 Å². The van der Waals surface area contributed by atoms with Crippen molar-refractivity contribution in [2.75, 3.05) is 26.2 Å². The van der Waals surface area contributed by atoms with Gasteiger partial charge in [-0.2, -0.15) is 0 Å². The molecule has 334 valence electrons. The van der Waals surface area contributed by atoms with Gasteiger partial charge in [0, 0.05) is 31.0 Å². The number of urea groups is 2. The average molecular weight is 912 g/mol. The van der Waals surface area contributed by atoms with E-state index in [9.17, 15) is 9.59 Å². The van der Waals surface area contributed by atoms with Crippen molar-refractivity contribution in [3.05, 3.63) is 98.9 Å². The van der Waals surface area contributed by atoms with Crippen molar-refractivity contribution in [1.29, 1.82) is 0 Å². The molecule has 0 atom stereocenters. The molecule has 0 aliphatic carbocycles. The van der Waals surface area contributed by atoms with Crippen LogP contribution in [-0.2, 0) is 31.9 Å². The first kappa shape index (κ1) is 48.9. The third kappa shape index (κ3) is 13.7. The number of aromatic nitrogens is 4. The molecule has 3 aliphatic heterocycles. The SMILES string of the molecule is Cc1cc(-c2ccnc(Cl)n2)ccc1CNC(=O)N1CC(OC(C)C)C1.Cc1cc(B2OC(C)(C)C(C)(C)O2)ccc1CNC(=O)N1CC(OC(C)C)C1.Clc1ccnc(Cl)n1. The molecule has 62 heavy (non-hydrogen) atoms. The molecular formula is C44H58BCl3N8O6. The predicted molar refractivity (Wildman–Crippen MR) is 244 cm³/mol. The molecular weight excluding hydrogens is 854 g/mol. The fourth-order valence-corrected chi connectivity index (χ4v) is 7.10. The molecule has 5 heterocycles. The zero-order valence-corrected chi connectivity index (χ0v) is 39.4. The molecule has 2 N–H and O–H groups in total. The number of ether oxygens (including phenoxy) is 2. The van der Waals surface area contributed by atoms with Crippen molar-refractivity contribution < 1.29 is 28.4 Å². The van der Waals surface area contributed by atoms with Crippen LogP contribution in [0.3, 0.4) is 0 Å². The highest BCUT2D eigenvalue weighted by Crippen LogP contribution is 2.36. The van der Waals surface area contributed by atoms with E-state index in [0.29, 0.717) is 44.4 Å². The van der Waals surface area contributed by atoms with Gasteiger partial charge < -0.3 is 39.2 Å². The Bertz CT molecular complexity index is 2120. The average Bonchev–Trinajstić information content (AvgIpc) is 3.38. The molecule has 0 unspecified atom stereocenters. The van der Waals surface area contributed by atoms with E-state index in [1.54, 1.807) is 22.1 Å². The molecule has 0 bridgehead atoms. The minimum Gasteiger partial charge on any atom is -0.399 e. The Morgan fingerprint density at radius 3 is 1.61 bits per heavy atom. The van der Waals surface area contributed by atoms with E-state index in [1.807, 2.05) is 77.9 Å². The van der Waals surface area contributed by atoms with Gasteiger partial charge in [0.15, 0.2) is 0 Å². The van der Waals surface area contributed by atoms with Crippen molar-refractivity contribution in [2.24, 2.45) is 0 Å². The number of hydrogen-bond donors (Lipinski definition) is 2. The van der Waals surface area contributed by atoms with Gasteiger partial charge in [0.25, 0.3) is 0 Å². The van der Waals surface area contributed by atoms with Gasteiger partial charge in [-0.25, -0.2) is 29.5 Å². The zero-order chi connectivity index (χ0) is 45.4. The van der Waals surface area contributed by atoms with E-state index in [0.717, 1.165) is 39.0 Å². The first-order valence-corrected chi connectivity index (χ1v) is 21.9. The monoisotopic (exact) mass is 910 g/mol. The number of rotatable bonds is 10. The summed E-state index contributed by atoms with van der Waals surface area (Å²) in [5.41, 5.74) is 6.39. The normalized spacial score (nSPS) is 16.8.